The number of nitrogens with one attached hydrogen (secondary N) is 1. The van der Waals surface area contributed by atoms with Gasteiger partial charge in [-0.05, 0) is 18.3 Å². The van der Waals surface area contributed by atoms with Crippen molar-refractivity contribution in [2.24, 2.45) is 5.41 Å². The molecular weight excluding hydrogens is 206 g/mol. The first kappa shape index (κ1) is 10.2. The van der Waals surface area contributed by atoms with Crippen LogP contribution in [0.4, 0.5) is 0 Å². The van der Waals surface area contributed by atoms with Crippen molar-refractivity contribution in [3.63, 3.8) is 0 Å². The Kier molecular flexibility index (Phi) is 2.09. The molecule has 2 unspecified atom stereocenters. The van der Waals surface area contributed by atoms with Crippen LogP contribution in [-0.4, -0.2) is 27.9 Å². The highest BCUT2D eigenvalue weighted by Gasteiger charge is 2.49. The topological polar surface area (TPSA) is 71.2 Å². The van der Waals surface area contributed by atoms with Crippen LogP contribution < -0.4 is 5.32 Å². The Labute approximate surface area is 94.2 Å². The molecule has 3 rings (SSSR count). The van der Waals surface area contributed by atoms with Crippen molar-refractivity contribution >= 4 is 0 Å². The molecule has 5 heteroatoms. The van der Waals surface area contributed by atoms with Crippen LogP contribution in [0.25, 0.3) is 0 Å². The van der Waals surface area contributed by atoms with Crippen molar-refractivity contribution in [2.75, 3.05) is 6.54 Å². The maximum absolute atomic E-state index is 9.42. The predicted molar refractivity (Wildman–Crippen MR) is 56.8 cm³/mol. The molecule has 2 fully saturated rings. The predicted octanol–water partition coefficient (Wildman–Crippen LogP) is 0.978. The molecule has 3 atom stereocenters. The number of aromatic nitrogens is 2. The molecule has 1 saturated heterocycles. The number of rotatable bonds is 2. The van der Waals surface area contributed by atoms with Gasteiger partial charge in [0.05, 0.1) is 12.1 Å². The van der Waals surface area contributed by atoms with Crippen LogP contribution in [0.5, 0.6) is 0 Å². The standard InChI is InChI=1S/C11H17N3O2/c1-11(2)4-7(11)9-13-10(16-14-9)8-3-6(15)5-12-8/h6-8,12,15H,3-5H2,1-2H3/t6?,7?,8-/m0/s1. The Morgan fingerprint density at radius 2 is 2.25 bits per heavy atom. The number of nitrogens with zero attached hydrogens (tertiary/aromatic N) is 2. The Bertz CT molecular complexity index is 402. The van der Waals surface area contributed by atoms with Crippen molar-refractivity contribution in [2.45, 2.75) is 44.8 Å². The molecule has 2 aliphatic rings. The van der Waals surface area contributed by atoms with Crippen LogP contribution in [0.2, 0.25) is 0 Å². The summed E-state index contributed by atoms with van der Waals surface area (Å²) in [6.45, 7) is 5.04. The summed E-state index contributed by atoms with van der Waals surface area (Å²) in [4.78, 5) is 4.43. The first-order valence-electron chi connectivity index (χ1n) is 5.81. The van der Waals surface area contributed by atoms with Gasteiger partial charge < -0.3 is 14.9 Å². The van der Waals surface area contributed by atoms with Crippen LogP contribution in [0, 0.1) is 5.41 Å². The van der Waals surface area contributed by atoms with E-state index in [9.17, 15) is 5.11 Å². The van der Waals surface area contributed by atoms with Gasteiger partial charge in [0.15, 0.2) is 5.82 Å². The average molecular weight is 223 g/mol. The summed E-state index contributed by atoms with van der Waals surface area (Å²) in [6.07, 6.45) is 1.50. The minimum absolute atomic E-state index is 0.0260. The van der Waals surface area contributed by atoms with E-state index in [1.165, 1.54) is 0 Å². The quantitative estimate of drug-likeness (QED) is 0.782. The molecule has 0 radical (unpaired) electrons. The average Bonchev–Trinajstić information content (AvgIpc) is 2.67. The van der Waals surface area contributed by atoms with Gasteiger partial charge in [-0.1, -0.05) is 19.0 Å². The molecule has 0 spiro atoms. The summed E-state index contributed by atoms with van der Waals surface area (Å²) in [6, 6.07) is 0.0260. The Balaban J connectivity index is 1.74. The maximum atomic E-state index is 9.42. The van der Waals surface area contributed by atoms with Crippen LogP contribution in [0.3, 0.4) is 0 Å². The van der Waals surface area contributed by atoms with Gasteiger partial charge >= 0.3 is 0 Å². The molecule has 2 N–H and O–H groups in total. The van der Waals surface area contributed by atoms with Crippen molar-refractivity contribution in [1.29, 1.82) is 0 Å². The molecule has 1 saturated carbocycles. The lowest BCUT2D eigenvalue weighted by atomic mass is 10.1. The van der Waals surface area contributed by atoms with Crippen molar-refractivity contribution < 1.29 is 9.63 Å². The zero-order valence-corrected chi connectivity index (χ0v) is 9.60. The van der Waals surface area contributed by atoms with Gasteiger partial charge in [-0.25, -0.2) is 0 Å². The highest BCUT2D eigenvalue weighted by Crippen LogP contribution is 2.57. The van der Waals surface area contributed by atoms with Crippen LogP contribution in [0.1, 0.15) is 50.4 Å². The third-order valence-electron chi connectivity index (χ3n) is 3.69. The van der Waals surface area contributed by atoms with Crippen LogP contribution in [-0.2, 0) is 0 Å². The second kappa shape index (κ2) is 3.28. The molecule has 16 heavy (non-hydrogen) atoms. The summed E-state index contributed by atoms with van der Waals surface area (Å²) in [5, 5.41) is 16.6. The highest BCUT2D eigenvalue weighted by molar-refractivity contribution is 5.15. The van der Waals surface area contributed by atoms with Gasteiger partial charge in [-0.3, -0.25) is 0 Å². The zero-order chi connectivity index (χ0) is 11.3. The number of hydrogen-bond acceptors (Lipinski definition) is 5. The second-order valence-electron chi connectivity index (χ2n) is 5.59. The summed E-state index contributed by atoms with van der Waals surface area (Å²) in [7, 11) is 0. The molecule has 1 aromatic heterocycles. The van der Waals surface area contributed by atoms with E-state index in [0.29, 0.717) is 30.2 Å². The summed E-state index contributed by atoms with van der Waals surface area (Å²) >= 11 is 0. The third-order valence-corrected chi connectivity index (χ3v) is 3.69. The molecule has 1 aromatic rings. The normalized spacial score (nSPS) is 36.6. The number of β-amino-alcohol motifs (C(OH)–C–C–N with tert-alkyl or cyclic N) is 1. The van der Waals surface area contributed by atoms with Gasteiger partial charge in [0, 0.05) is 12.5 Å². The molecule has 2 heterocycles. The zero-order valence-electron chi connectivity index (χ0n) is 9.60. The summed E-state index contributed by atoms with van der Waals surface area (Å²) in [5.74, 6) is 1.88. The SMILES string of the molecule is CC1(C)CC1c1noc([C@@H]2CC(O)CN2)n1. The van der Waals surface area contributed by atoms with Gasteiger partial charge in [-0.15, -0.1) is 0 Å². The van der Waals surface area contributed by atoms with Gasteiger partial charge in [0.25, 0.3) is 0 Å². The van der Waals surface area contributed by atoms with Crippen molar-refractivity contribution in [3.05, 3.63) is 11.7 Å². The highest BCUT2D eigenvalue weighted by atomic mass is 16.5. The first-order valence-corrected chi connectivity index (χ1v) is 5.81. The lowest BCUT2D eigenvalue weighted by Gasteiger charge is -2.01. The molecule has 88 valence electrons. The Morgan fingerprint density at radius 1 is 1.50 bits per heavy atom. The second-order valence-corrected chi connectivity index (χ2v) is 5.59. The molecule has 0 aromatic carbocycles. The van der Waals surface area contributed by atoms with E-state index in [1.807, 2.05) is 0 Å². The lowest BCUT2D eigenvalue weighted by Crippen LogP contribution is -2.15. The largest absolute Gasteiger partial charge is 0.392 e. The molecular formula is C11H17N3O2. The molecule has 0 amide bonds. The van der Waals surface area contributed by atoms with E-state index < -0.39 is 0 Å². The fourth-order valence-electron chi connectivity index (χ4n) is 2.34. The van der Waals surface area contributed by atoms with Crippen molar-refractivity contribution in [3.8, 4) is 0 Å². The number of aliphatic hydroxyl groups excluding tert-OH is 1. The molecule has 1 aliphatic heterocycles. The smallest absolute Gasteiger partial charge is 0.243 e. The Morgan fingerprint density at radius 3 is 2.81 bits per heavy atom. The fraction of sp³-hybridized carbons (Fsp3) is 0.818. The van der Waals surface area contributed by atoms with Crippen LogP contribution in [0.15, 0.2) is 4.52 Å². The summed E-state index contributed by atoms with van der Waals surface area (Å²) in [5.41, 5.74) is 0.323. The van der Waals surface area contributed by atoms with E-state index in [-0.39, 0.29) is 12.1 Å². The minimum Gasteiger partial charge on any atom is -0.392 e. The van der Waals surface area contributed by atoms with Gasteiger partial charge in [0.2, 0.25) is 5.89 Å². The number of hydrogen-bond donors (Lipinski definition) is 2. The van der Waals surface area contributed by atoms with E-state index >= 15 is 0 Å². The molecule has 1 aliphatic carbocycles. The van der Waals surface area contributed by atoms with Gasteiger partial charge in [-0.2, -0.15) is 4.98 Å². The minimum atomic E-state index is -0.294. The third kappa shape index (κ3) is 1.64. The lowest BCUT2D eigenvalue weighted by molar-refractivity contribution is 0.191. The van der Waals surface area contributed by atoms with E-state index in [1.54, 1.807) is 0 Å². The molecule has 5 nitrogen and oxygen atoms in total. The molecule has 0 bridgehead atoms. The van der Waals surface area contributed by atoms with Crippen LogP contribution >= 0.6 is 0 Å². The van der Waals surface area contributed by atoms with Gasteiger partial charge in [0.1, 0.15) is 0 Å². The van der Waals surface area contributed by atoms with E-state index in [0.717, 1.165) is 12.2 Å². The van der Waals surface area contributed by atoms with E-state index in [4.69, 9.17) is 4.52 Å². The monoisotopic (exact) mass is 223 g/mol. The van der Waals surface area contributed by atoms with E-state index in [2.05, 4.69) is 29.3 Å². The maximum Gasteiger partial charge on any atom is 0.243 e. The first-order chi connectivity index (χ1) is 7.56. The number of aliphatic hydroxyl groups is 1. The van der Waals surface area contributed by atoms with Crippen molar-refractivity contribution in [1.82, 2.24) is 15.5 Å². The summed E-state index contributed by atoms with van der Waals surface area (Å²) < 4.78 is 5.26. The Hall–Kier alpha value is -0.940. The fourth-order valence-corrected chi connectivity index (χ4v) is 2.34.